The lowest BCUT2D eigenvalue weighted by Gasteiger charge is -2.33. The number of rotatable bonds is 0. The van der Waals surface area contributed by atoms with Crippen LogP contribution in [0.3, 0.4) is 0 Å². The lowest BCUT2D eigenvalue weighted by atomic mass is 9.86. The van der Waals surface area contributed by atoms with Gasteiger partial charge in [0.15, 0.2) is 0 Å². The van der Waals surface area contributed by atoms with E-state index in [1.807, 2.05) is 6.07 Å². The van der Waals surface area contributed by atoms with Crippen LogP contribution in [0.15, 0.2) is 34.3 Å². The maximum absolute atomic E-state index is 4.88. The highest BCUT2D eigenvalue weighted by Crippen LogP contribution is 2.35. The van der Waals surface area contributed by atoms with E-state index in [4.69, 9.17) is 9.98 Å². The summed E-state index contributed by atoms with van der Waals surface area (Å²) in [7, 11) is 0. The Balaban J connectivity index is 1.81. The highest BCUT2D eigenvalue weighted by atomic mass is 15.1. The maximum Gasteiger partial charge on any atom is 0.103 e. The summed E-state index contributed by atoms with van der Waals surface area (Å²) in [6.07, 6.45) is 3.96. The number of aliphatic imine (C=N–C) groups is 2. The number of nitrogens with one attached hydrogen (secondary N) is 1. The first-order chi connectivity index (χ1) is 8.42. The second kappa shape index (κ2) is 3.50. The minimum atomic E-state index is 0.323. The molecule has 1 saturated heterocycles. The molecule has 17 heavy (non-hydrogen) atoms. The zero-order valence-electron chi connectivity index (χ0n) is 9.69. The van der Waals surface area contributed by atoms with Gasteiger partial charge in [-0.05, 0) is 31.9 Å². The Kier molecular flexibility index (Phi) is 1.97. The van der Waals surface area contributed by atoms with Gasteiger partial charge in [-0.1, -0.05) is 18.2 Å². The second-order valence-corrected chi connectivity index (χ2v) is 5.06. The van der Waals surface area contributed by atoms with Crippen molar-refractivity contribution in [3.05, 3.63) is 29.8 Å². The Hall–Kier alpha value is -1.48. The van der Waals surface area contributed by atoms with Crippen molar-refractivity contribution in [3.8, 4) is 0 Å². The van der Waals surface area contributed by atoms with Crippen LogP contribution in [0.4, 0.5) is 5.69 Å². The van der Waals surface area contributed by atoms with E-state index >= 15 is 0 Å². The molecule has 1 N–H and O–H groups in total. The van der Waals surface area contributed by atoms with Gasteiger partial charge in [-0.25, -0.2) is 0 Å². The van der Waals surface area contributed by atoms with Gasteiger partial charge in [0.05, 0.1) is 17.1 Å². The predicted octanol–water partition coefficient (Wildman–Crippen LogP) is 2.29. The number of nitrogens with zero attached hydrogens (tertiary/aromatic N) is 2. The number of para-hydroxylation sites is 1. The van der Waals surface area contributed by atoms with Crippen molar-refractivity contribution in [1.29, 1.82) is 0 Å². The molecule has 1 aromatic carbocycles. The molecule has 0 amide bonds. The topological polar surface area (TPSA) is 36.8 Å². The minimum absolute atomic E-state index is 0.323. The van der Waals surface area contributed by atoms with E-state index in [1.54, 1.807) is 0 Å². The first-order valence-electron chi connectivity index (χ1n) is 6.40. The van der Waals surface area contributed by atoms with Crippen LogP contribution in [-0.2, 0) is 0 Å². The first kappa shape index (κ1) is 9.54. The Bertz CT molecular complexity index is 530. The van der Waals surface area contributed by atoms with Crippen molar-refractivity contribution in [2.24, 2.45) is 15.9 Å². The molecule has 3 heterocycles. The molecule has 1 fully saturated rings. The third-order valence-electron chi connectivity index (χ3n) is 3.96. The van der Waals surface area contributed by atoms with Crippen LogP contribution in [0.1, 0.15) is 24.8 Å². The normalized spacial score (nSPS) is 29.9. The fourth-order valence-corrected chi connectivity index (χ4v) is 3.10. The smallest absolute Gasteiger partial charge is 0.103 e. The first-order valence-corrected chi connectivity index (χ1v) is 6.40. The summed E-state index contributed by atoms with van der Waals surface area (Å²) < 4.78 is 0. The largest absolute Gasteiger partial charge is 0.296 e. The van der Waals surface area contributed by atoms with Crippen molar-refractivity contribution in [2.45, 2.75) is 25.4 Å². The third-order valence-corrected chi connectivity index (χ3v) is 3.96. The van der Waals surface area contributed by atoms with Gasteiger partial charge >= 0.3 is 0 Å². The Morgan fingerprint density at radius 1 is 1.24 bits per heavy atom. The zero-order chi connectivity index (χ0) is 11.2. The molecule has 0 aromatic heterocycles. The summed E-state index contributed by atoms with van der Waals surface area (Å²) in [5, 5.41) is 3.52. The zero-order valence-corrected chi connectivity index (χ0v) is 9.69. The van der Waals surface area contributed by atoms with Crippen molar-refractivity contribution in [1.82, 2.24) is 5.32 Å². The molecule has 0 saturated carbocycles. The molecule has 0 bridgehead atoms. The van der Waals surface area contributed by atoms with Gasteiger partial charge in [-0.2, -0.15) is 0 Å². The average Bonchev–Trinajstić information content (AvgIpc) is 2.73. The van der Waals surface area contributed by atoms with Crippen molar-refractivity contribution in [3.63, 3.8) is 0 Å². The second-order valence-electron chi connectivity index (χ2n) is 5.06. The molecule has 86 valence electrons. The highest BCUT2D eigenvalue weighted by molar-refractivity contribution is 6.52. The van der Waals surface area contributed by atoms with Crippen LogP contribution in [0.2, 0.25) is 0 Å². The van der Waals surface area contributed by atoms with E-state index in [1.165, 1.54) is 24.1 Å². The molecule has 3 aliphatic rings. The highest BCUT2D eigenvalue weighted by Gasteiger charge is 2.35. The fourth-order valence-electron chi connectivity index (χ4n) is 3.10. The molecule has 1 aromatic rings. The van der Waals surface area contributed by atoms with Gasteiger partial charge in [0.25, 0.3) is 0 Å². The van der Waals surface area contributed by atoms with Gasteiger partial charge in [-0.15, -0.1) is 0 Å². The summed E-state index contributed by atoms with van der Waals surface area (Å²) >= 11 is 0. The van der Waals surface area contributed by atoms with E-state index in [9.17, 15) is 0 Å². The molecular weight excluding hydrogens is 210 g/mol. The Morgan fingerprint density at radius 3 is 3.18 bits per heavy atom. The lowest BCUT2D eigenvalue weighted by Crippen LogP contribution is -2.45. The third kappa shape index (κ3) is 1.39. The molecule has 3 aliphatic heterocycles. The fraction of sp³-hybridized carbons (Fsp3) is 0.429. The molecule has 3 nitrogen and oxygen atoms in total. The summed E-state index contributed by atoms with van der Waals surface area (Å²) in [4.78, 5) is 9.60. The van der Waals surface area contributed by atoms with Gasteiger partial charge in [0.1, 0.15) is 6.17 Å². The Labute approximate surface area is 101 Å². The van der Waals surface area contributed by atoms with Crippen LogP contribution < -0.4 is 5.32 Å². The van der Waals surface area contributed by atoms with Crippen LogP contribution in [0.25, 0.3) is 0 Å². The van der Waals surface area contributed by atoms with Crippen LogP contribution in [-0.4, -0.2) is 24.1 Å². The number of hydrogen-bond donors (Lipinski definition) is 1. The molecule has 0 spiro atoms. The molecular formula is C14H15N3. The predicted molar refractivity (Wildman–Crippen MR) is 69.2 cm³/mol. The van der Waals surface area contributed by atoms with Gasteiger partial charge in [0, 0.05) is 11.5 Å². The van der Waals surface area contributed by atoms with Gasteiger partial charge in [0.2, 0.25) is 0 Å². The summed E-state index contributed by atoms with van der Waals surface area (Å²) in [5.74, 6) is 0.653. The number of piperidine rings is 1. The van der Waals surface area contributed by atoms with Crippen molar-refractivity contribution >= 4 is 17.1 Å². The SMILES string of the molecule is c1ccc2c(c1)N=C1CC3CCCNC3N=C12. The molecule has 2 unspecified atom stereocenters. The number of hydrogen-bond acceptors (Lipinski definition) is 3. The van der Waals surface area contributed by atoms with E-state index in [0.29, 0.717) is 12.1 Å². The van der Waals surface area contributed by atoms with Gasteiger partial charge < -0.3 is 0 Å². The van der Waals surface area contributed by atoms with E-state index in [0.717, 1.165) is 24.4 Å². The summed E-state index contributed by atoms with van der Waals surface area (Å²) in [6, 6.07) is 8.33. The number of benzene rings is 1. The summed E-state index contributed by atoms with van der Waals surface area (Å²) in [5.41, 5.74) is 4.65. The molecule has 0 radical (unpaired) electrons. The van der Waals surface area contributed by atoms with E-state index < -0.39 is 0 Å². The van der Waals surface area contributed by atoms with Crippen LogP contribution >= 0.6 is 0 Å². The van der Waals surface area contributed by atoms with Crippen molar-refractivity contribution < 1.29 is 0 Å². The number of fused-ring (bicyclic) bond motifs is 4. The molecule has 0 aliphatic carbocycles. The quantitative estimate of drug-likeness (QED) is 0.722. The molecule has 4 rings (SSSR count). The molecule has 3 heteroatoms. The lowest BCUT2D eigenvalue weighted by molar-refractivity contribution is 0.292. The Morgan fingerprint density at radius 2 is 2.18 bits per heavy atom. The van der Waals surface area contributed by atoms with Crippen molar-refractivity contribution in [2.75, 3.05) is 6.54 Å². The molecule has 2 atom stereocenters. The van der Waals surface area contributed by atoms with E-state index in [-0.39, 0.29) is 0 Å². The average molecular weight is 225 g/mol. The maximum atomic E-state index is 4.88. The minimum Gasteiger partial charge on any atom is -0.296 e. The van der Waals surface area contributed by atoms with Gasteiger partial charge in [-0.3, -0.25) is 15.3 Å². The van der Waals surface area contributed by atoms with E-state index in [2.05, 4.69) is 23.5 Å². The van der Waals surface area contributed by atoms with Crippen LogP contribution in [0, 0.1) is 5.92 Å². The standard InChI is InChI=1S/C14H15N3/c1-2-6-11-10(5-1)13-12(16-11)8-9-4-3-7-15-14(9)17-13/h1-2,5-6,9,14-15H,3-4,7-8H2. The monoisotopic (exact) mass is 225 g/mol. The summed E-state index contributed by atoms with van der Waals surface area (Å²) in [6.45, 7) is 1.10. The van der Waals surface area contributed by atoms with Crippen LogP contribution in [0.5, 0.6) is 0 Å².